The number of carbonyl (C=O) groups is 1. The maximum atomic E-state index is 11.9. The summed E-state index contributed by atoms with van der Waals surface area (Å²) in [4.78, 5) is 11.9. The monoisotopic (exact) mass is 266 g/mol. The van der Waals surface area contributed by atoms with Gasteiger partial charge >= 0.3 is 0 Å². The van der Waals surface area contributed by atoms with Gasteiger partial charge in [-0.15, -0.1) is 0 Å². The van der Waals surface area contributed by atoms with E-state index < -0.39 is 0 Å². The molecule has 0 aliphatic carbocycles. The summed E-state index contributed by atoms with van der Waals surface area (Å²) in [6.07, 6.45) is 3.26. The molecule has 0 spiro atoms. The van der Waals surface area contributed by atoms with Crippen molar-refractivity contribution < 1.29 is 4.79 Å². The molecule has 0 fully saturated rings. The lowest BCUT2D eigenvalue weighted by Gasteiger charge is -2.08. The van der Waals surface area contributed by atoms with Crippen LogP contribution in [0, 0.1) is 13.8 Å². The molecule has 1 amide bonds. The fraction of sp³-hybridized carbons (Fsp3) is 0.118. The normalized spacial score (nSPS) is 10.7. The average molecular weight is 266 g/mol. The van der Waals surface area contributed by atoms with Crippen LogP contribution in [0.25, 0.3) is 6.08 Å². The van der Waals surface area contributed by atoms with Gasteiger partial charge in [0.1, 0.15) is 0 Å². The van der Waals surface area contributed by atoms with E-state index in [1.165, 1.54) is 6.08 Å². The second kappa shape index (κ2) is 6.06. The van der Waals surface area contributed by atoms with Crippen LogP contribution >= 0.6 is 0 Å². The molecule has 3 N–H and O–H groups in total. The Morgan fingerprint density at radius 1 is 1.15 bits per heavy atom. The molecule has 2 aromatic rings. The number of nitrogens with two attached hydrogens (primary N) is 1. The van der Waals surface area contributed by atoms with Crippen LogP contribution in [0.4, 0.5) is 11.4 Å². The Labute approximate surface area is 119 Å². The lowest BCUT2D eigenvalue weighted by Crippen LogP contribution is -2.09. The van der Waals surface area contributed by atoms with Crippen molar-refractivity contribution in [2.45, 2.75) is 13.8 Å². The number of amides is 1. The molecule has 0 aromatic heterocycles. The molecule has 3 heteroatoms. The van der Waals surface area contributed by atoms with Crippen molar-refractivity contribution in [1.29, 1.82) is 0 Å². The number of benzene rings is 2. The standard InChI is InChI=1S/C17H18N2O/c1-12-5-3-8-16(13(12)2)19-17(20)10-9-14-6-4-7-15(18)11-14/h3-11H,18H2,1-2H3,(H,19,20)/b10-9+. The minimum absolute atomic E-state index is 0.152. The van der Waals surface area contributed by atoms with Crippen LogP contribution in [-0.2, 0) is 4.79 Å². The van der Waals surface area contributed by atoms with Crippen LogP contribution < -0.4 is 11.1 Å². The molecule has 0 saturated heterocycles. The molecule has 0 aliphatic rings. The molecule has 0 atom stereocenters. The summed E-state index contributed by atoms with van der Waals surface area (Å²) in [5, 5.41) is 2.88. The molecule has 2 rings (SSSR count). The first-order valence-corrected chi connectivity index (χ1v) is 6.47. The van der Waals surface area contributed by atoms with Crippen LogP contribution in [0.15, 0.2) is 48.5 Å². The maximum Gasteiger partial charge on any atom is 0.248 e. The number of hydrogen-bond acceptors (Lipinski definition) is 2. The highest BCUT2D eigenvalue weighted by Gasteiger charge is 2.02. The molecule has 3 nitrogen and oxygen atoms in total. The van der Waals surface area contributed by atoms with Crippen LogP contribution in [0.2, 0.25) is 0 Å². The Hall–Kier alpha value is -2.55. The Morgan fingerprint density at radius 2 is 1.90 bits per heavy atom. The van der Waals surface area contributed by atoms with Crippen LogP contribution in [0.1, 0.15) is 16.7 Å². The van der Waals surface area contributed by atoms with Gasteiger partial charge < -0.3 is 11.1 Å². The first-order valence-electron chi connectivity index (χ1n) is 6.47. The van der Waals surface area contributed by atoms with E-state index in [4.69, 9.17) is 5.73 Å². The van der Waals surface area contributed by atoms with Gasteiger partial charge in [0.05, 0.1) is 0 Å². The van der Waals surface area contributed by atoms with Crippen LogP contribution in [-0.4, -0.2) is 5.91 Å². The zero-order chi connectivity index (χ0) is 14.5. The quantitative estimate of drug-likeness (QED) is 0.659. The molecular weight excluding hydrogens is 248 g/mol. The second-order valence-electron chi connectivity index (χ2n) is 4.74. The summed E-state index contributed by atoms with van der Waals surface area (Å²) in [7, 11) is 0. The van der Waals surface area contributed by atoms with Crippen molar-refractivity contribution in [2.24, 2.45) is 0 Å². The highest BCUT2D eigenvalue weighted by atomic mass is 16.1. The van der Waals surface area contributed by atoms with E-state index in [-0.39, 0.29) is 5.91 Å². The molecule has 0 heterocycles. The van der Waals surface area contributed by atoms with Crippen molar-refractivity contribution in [3.8, 4) is 0 Å². The Bertz CT molecular complexity index is 660. The summed E-state index contributed by atoms with van der Waals surface area (Å²) in [5.74, 6) is -0.152. The molecule has 0 radical (unpaired) electrons. The molecule has 0 saturated carbocycles. The third-order valence-electron chi connectivity index (χ3n) is 3.20. The molecule has 0 unspecified atom stereocenters. The average Bonchev–Trinajstić information content (AvgIpc) is 2.42. The fourth-order valence-corrected chi connectivity index (χ4v) is 1.90. The van der Waals surface area contributed by atoms with Crippen molar-refractivity contribution in [2.75, 3.05) is 11.1 Å². The minimum atomic E-state index is -0.152. The summed E-state index contributed by atoms with van der Waals surface area (Å²) < 4.78 is 0. The highest BCUT2D eigenvalue weighted by Crippen LogP contribution is 2.18. The Morgan fingerprint density at radius 3 is 2.65 bits per heavy atom. The highest BCUT2D eigenvalue weighted by molar-refractivity contribution is 6.02. The topological polar surface area (TPSA) is 55.1 Å². The van der Waals surface area contributed by atoms with Crippen LogP contribution in [0.5, 0.6) is 0 Å². The summed E-state index contributed by atoms with van der Waals surface area (Å²) >= 11 is 0. The molecule has 20 heavy (non-hydrogen) atoms. The van der Waals surface area contributed by atoms with Gasteiger partial charge in [0.2, 0.25) is 5.91 Å². The number of rotatable bonds is 3. The number of carbonyl (C=O) groups excluding carboxylic acids is 1. The third kappa shape index (κ3) is 3.48. The first-order chi connectivity index (χ1) is 9.56. The van der Waals surface area contributed by atoms with Gasteiger partial charge in [0.25, 0.3) is 0 Å². The number of hydrogen-bond donors (Lipinski definition) is 2. The maximum absolute atomic E-state index is 11.9. The van der Waals surface area contributed by atoms with Crippen molar-refractivity contribution in [3.05, 3.63) is 65.2 Å². The van der Waals surface area contributed by atoms with Gasteiger partial charge in [0.15, 0.2) is 0 Å². The molecular formula is C17H18N2O. The lowest BCUT2D eigenvalue weighted by molar-refractivity contribution is -0.111. The summed E-state index contributed by atoms with van der Waals surface area (Å²) in [5.41, 5.74) is 10.4. The summed E-state index contributed by atoms with van der Waals surface area (Å²) in [6, 6.07) is 13.2. The predicted molar refractivity (Wildman–Crippen MR) is 84.4 cm³/mol. The van der Waals surface area contributed by atoms with Crippen molar-refractivity contribution >= 4 is 23.4 Å². The molecule has 0 aliphatic heterocycles. The zero-order valence-corrected chi connectivity index (χ0v) is 11.7. The smallest absolute Gasteiger partial charge is 0.248 e. The van der Waals surface area contributed by atoms with Crippen LogP contribution in [0.3, 0.4) is 0 Å². The Kier molecular flexibility index (Phi) is 4.20. The van der Waals surface area contributed by atoms with E-state index >= 15 is 0 Å². The summed E-state index contributed by atoms with van der Waals surface area (Å²) in [6.45, 7) is 4.01. The minimum Gasteiger partial charge on any atom is -0.399 e. The van der Waals surface area contributed by atoms with E-state index in [0.29, 0.717) is 5.69 Å². The van der Waals surface area contributed by atoms with Gasteiger partial charge in [-0.25, -0.2) is 0 Å². The predicted octanol–water partition coefficient (Wildman–Crippen LogP) is 3.54. The SMILES string of the molecule is Cc1cccc(NC(=O)/C=C/c2cccc(N)c2)c1C. The molecule has 102 valence electrons. The fourth-order valence-electron chi connectivity index (χ4n) is 1.90. The van der Waals surface area contributed by atoms with Gasteiger partial charge in [0, 0.05) is 17.5 Å². The van der Waals surface area contributed by atoms with E-state index in [0.717, 1.165) is 22.4 Å². The zero-order valence-electron chi connectivity index (χ0n) is 11.7. The largest absolute Gasteiger partial charge is 0.399 e. The number of aryl methyl sites for hydroxylation is 1. The lowest BCUT2D eigenvalue weighted by atomic mass is 10.1. The van der Waals surface area contributed by atoms with E-state index in [9.17, 15) is 4.79 Å². The van der Waals surface area contributed by atoms with Gasteiger partial charge in [-0.05, 0) is 54.8 Å². The first kappa shape index (κ1) is 13.9. The molecule has 2 aromatic carbocycles. The van der Waals surface area contributed by atoms with Crippen molar-refractivity contribution in [1.82, 2.24) is 0 Å². The van der Waals surface area contributed by atoms with Crippen molar-refractivity contribution in [3.63, 3.8) is 0 Å². The number of nitrogen functional groups attached to an aromatic ring is 1. The third-order valence-corrected chi connectivity index (χ3v) is 3.20. The second-order valence-corrected chi connectivity index (χ2v) is 4.74. The van der Waals surface area contributed by atoms with Gasteiger partial charge in [-0.2, -0.15) is 0 Å². The van der Waals surface area contributed by atoms with Gasteiger partial charge in [-0.1, -0.05) is 24.3 Å². The van der Waals surface area contributed by atoms with E-state index in [1.807, 2.05) is 56.3 Å². The number of nitrogens with one attached hydrogen (secondary N) is 1. The van der Waals surface area contributed by atoms with Gasteiger partial charge in [-0.3, -0.25) is 4.79 Å². The molecule has 0 bridgehead atoms. The van der Waals surface area contributed by atoms with E-state index in [2.05, 4.69) is 5.32 Å². The Balaban J connectivity index is 2.08. The number of anilines is 2. The van der Waals surface area contributed by atoms with E-state index in [1.54, 1.807) is 6.08 Å².